The fraction of sp³-hybridized carbons (Fsp3) is 0.538. The Balaban J connectivity index is 2.11. The van der Waals surface area contributed by atoms with E-state index in [0.717, 1.165) is 18.5 Å². The first-order valence-electron chi connectivity index (χ1n) is 6.58. The SMILES string of the molecule is CCC1COCCN1Cc1ccc(F)c(B(O)O)c1. The lowest BCUT2D eigenvalue weighted by Gasteiger charge is -2.35. The molecule has 0 spiro atoms. The fourth-order valence-electron chi connectivity index (χ4n) is 2.40. The topological polar surface area (TPSA) is 52.9 Å². The van der Waals surface area contributed by atoms with E-state index in [-0.39, 0.29) is 5.46 Å². The van der Waals surface area contributed by atoms with Crippen LogP contribution in [-0.2, 0) is 11.3 Å². The van der Waals surface area contributed by atoms with Gasteiger partial charge in [-0.15, -0.1) is 0 Å². The number of hydrogen-bond acceptors (Lipinski definition) is 4. The molecule has 0 saturated carbocycles. The Labute approximate surface area is 113 Å². The molecular formula is C13H19BFNO3. The highest BCUT2D eigenvalue weighted by atomic mass is 19.1. The summed E-state index contributed by atoms with van der Waals surface area (Å²) in [5, 5.41) is 18.2. The van der Waals surface area contributed by atoms with Crippen LogP contribution >= 0.6 is 0 Å². The fourth-order valence-corrected chi connectivity index (χ4v) is 2.40. The van der Waals surface area contributed by atoms with Gasteiger partial charge in [0.25, 0.3) is 0 Å². The van der Waals surface area contributed by atoms with Gasteiger partial charge in [-0.25, -0.2) is 4.39 Å². The van der Waals surface area contributed by atoms with Crippen molar-refractivity contribution in [2.24, 2.45) is 0 Å². The van der Waals surface area contributed by atoms with Crippen LogP contribution in [0.3, 0.4) is 0 Å². The smallest absolute Gasteiger partial charge is 0.423 e. The van der Waals surface area contributed by atoms with Gasteiger partial charge in [-0.2, -0.15) is 0 Å². The Bertz CT molecular complexity index is 430. The van der Waals surface area contributed by atoms with E-state index in [1.807, 2.05) is 0 Å². The molecule has 1 heterocycles. The number of halogens is 1. The Morgan fingerprint density at radius 2 is 2.26 bits per heavy atom. The number of morpholine rings is 1. The van der Waals surface area contributed by atoms with Crippen molar-refractivity contribution in [3.8, 4) is 0 Å². The Morgan fingerprint density at radius 3 is 2.95 bits per heavy atom. The molecule has 19 heavy (non-hydrogen) atoms. The Hall–Kier alpha value is -0.945. The molecule has 2 rings (SSSR count). The quantitative estimate of drug-likeness (QED) is 0.761. The number of rotatable bonds is 4. The van der Waals surface area contributed by atoms with Crippen LogP contribution in [0, 0.1) is 5.82 Å². The monoisotopic (exact) mass is 267 g/mol. The third-order valence-electron chi connectivity index (χ3n) is 3.54. The normalized spacial score (nSPS) is 20.5. The molecular weight excluding hydrogens is 248 g/mol. The second-order valence-electron chi connectivity index (χ2n) is 4.84. The van der Waals surface area contributed by atoms with E-state index in [2.05, 4.69) is 11.8 Å². The van der Waals surface area contributed by atoms with Crippen LogP contribution in [0.25, 0.3) is 0 Å². The van der Waals surface area contributed by atoms with Gasteiger partial charge in [0.15, 0.2) is 0 Å². The molecule has 1 unspecified atom stereocenters. The van der Waals surface area contributed by atoms with Gasteiger partial charge in [0, 0.05) is 24.6 Å². The number of ether oxygens (including phenoxy) is 1. The van der Waals surface area contributed by atoms with Crippen LogP contribution in [0.5, 0.6) is 0 Å². The molecule has 0 aromatic heterocycles. The van der Waals surface area contributed by atoms with Crippen molar-refractivity contribution < 1.29 is 19.2 Å². The van der Waals surface area contributed by atoms with E-state index in [4.69, 9.17) is 14.8 Å². The van der Waals surface area contributed by atoms with Gasteiger partial charge in [0.05, 0.1) is 13.2 Å². The van der Waals surface area contributed by atoms with E-state index in [9.17, 15) is 4.39 Å². The van der Waals surface area contributed by atoms with Crippen molar-refractivity contribution >= 4 is 12.6 Å². The van der Waals surface area contributed by atoms with Gasteiger partial charge < -0.3 is 14.8 Å². The summed E-state index contributed by atoms with van der Waals surface area (Å²) in [6.07, 6.45) is 0.997. The van der Waals surface area contributed by atoms with Crippen molar-refractivity contribution in [2.75, 3.05) is 19.8 Å². The molecule has 2 N–H and O–H groups in total. The molecule has 0 radical (unpaired) electrons. The second-order valence-corrected chi connectivity index (χ2v) is 4.84. The minimum Gasteiger partial charge on any atom is -0.423 e. The summed E-state index contributed by atoms with van der Waals surface area (Å²) >= 11 is 0. The molecule has 1 aromatic carbocycles. The zero-order valence-electron chi connectivity index (χ0n) is 11.1. The van der Waals surface area contributed by atoms with E-state index >= 15 is 0 Å². The van der Waals surface area contributed by atoms with Crippen molar-refractivity contribution in [1.82, 2.24) is 4.90 Å². The van der Waals surface area contributed by atoms with Gasteiger partial charge >= 0.3 is 7.12 Å². The predicted molar refractivity (Wildman–Crippen MR) is 71.5 cm³/mol. The van der Waals surface area contributed by atoms with Crippen LogP contribution in [0.4, 0.5) is 4.39 Å². The minimum absolute atomic E-state index is 0.0705. The van der Waals surface area contributed by atoms with Crippen molar-refractivity contribution in [2.45, 2.75) is 25.9 Å². The summed E-state index contributed by atoms with van der Waals surface area (Å²) in [6, 6.07) is 4.85. The highest BCUT2D eigenvalue weighted by molar-refractivity contribution is 6.58. The second kappa shape index (κ2) is 6.48. The number of nitrogens with zero attached hydrogens (tertiary/aromatic N) is 1. The molecule has 1 aliphatic heterocycles. The number of benzene rings is 1. The molecule has 0 bridgehead atoms. The summed E-state index contributed by atoms with van der Waals surface area (Å²) < 4.78 is 18.8. The summed E-state index contributed by atoms with van der Waals surface area (Å²) in [7, 11) is -1.77. The molecule has 1 atom stereocenters. The largest absolute Gasteiger partial charge is 0.491 e. The van der Waals surface area contributed by atoms with Gasteiger partial charge in [0.2, 0.25) is 0 Å². The minimum atomic E-state index is -1.77. The average molecular weight is 267 g/mol. The van der Waals surface area contributed by atoms with Crippen LogP contribution < -0.4 is 5.46 Å². The lowest BCUT2D eigenvalue weighted by molar-refractivity contribution is -0.0127. The molecule has 1 fully saturated rings. The summed E-state index contributed by atoms with van der Waals surface area (Å²) in [6.45, 7) is 5.04. The summed E-state index contributed by atoms with van der Waals surface area (Å²) in [5.74, 6) is -0.590. The third-order valence-corrected chi connectivity index (χ3v) is 3.54. The lowest BCUT2D eigenvalue weighted by atomic mass is 9.79. The maximum absolute atomic E-state index is 13.4. The Morgan fingerprint density at radius 1 is 1.47 bits per heavy atom. The van der Waals surface area contributed by atoms with Crippen molar-refractivity contribution in [3.05, 3.63) is 29.6 Å². The predicted octanol–water partition coefficient (Wildman–Crippen LogP) is 0.116. The van der Waals surface area contributed by atoms with Crippen molar-refractivity contribution in [1.29, 1.82) is 0 Å². The van der Waals surface area contributed by atoms with Gasteiger partial charge in [-0.05, 0) is 18.1 Å². The average Bonchev–Trinajstić information content (AvgIpc) is 2.41. The van der Waals surface area contributed by atoms with Gasteiger partial charge in [0.1, 0.15) is 5.82 Å². The lowest BCUT2D eigenvalue weighted by Crippen LogP contribution is -2.44. The van der Waals surface area contributed by atoms with Gasteiger partial charge in [-0.3, -0.25) is 4.90 Å². The molecule has 104 valence electrons. The van der Waals surface area contributed by atoms with E-state index in [1.54, 1.807) is 6.07 Å². The van der Waals surface area contributed by atoms with E-state index in [0.29, 0.717) is 25.8 Å². The molecule has 1 aliphatic rings. The first-order valence-corrected chi connectivity index (χ1v) is 6.58. The first-order chi connectivity index (χ1) is 9.11. The summed E-state index contributed by atoms with van der Waals surface area (Å²) in [5.41, 5.74) is 0.809. The molecule has 1 aromatic rings. The van der Waals surface area contributed by atoms with Crippen LogP contribution in [0.1, 0.15) is 18.9 Å². The van der Waals surface area contributed by atoms with Crippen LogP contribution in [0.2, 0.25) is 0 Å². The third kappa shape index (κ3) is 3.54. The summed E-state index contributed by atoms with van der Waals surface area (Å²) in [4.78, 5) is 2.28. The van der Waals surface area contributed by atoms with E-state index < -0.39 is 12.9 Å². The zero-order chi connectivity index (χ0) is 13.8. The molecule has 1 saturated heterocycles. The Kier molecular flexibility index (Phi) is 4.93. The first kappa shape index (κ1) is 14.5. The molecule has 0 amide bonds. The van der Waals surface area contributed by atoms with Crippen molar-refractivity contribution in [3.63, 3.8) is 0 Å². The van der Waals surface area contributed by atoms with Gasteiger partial charge in [-0.1, -0.05) is 19.1 Å². The maximum Gasteiger partial charge on any atom is 0.491 e. The maximum atomic E-state index is 13.4. The van der Waals surface area contributed by atoms with E-state index in [1.165, 1.54) is 12.1 Å². The van der Waals surface area contributed by atoms with Crippen LogP contribution in [-0.4, -0.2) is 47.9 Å². The van der Waals surface area contributed by atoms with Crippen LogP contribution in [0.15, 0.2) is 18.2 Å². The standard InChI is InChI=1S/C13H19BFNO3/c1-2-11-9-19-6-5-16(11)8-10-3-4-13(15)12(7-10)14(17)18/h3-4,7,11,17-18H,2,5-6,8-9H2,1H3. The number of hydrogen-bond donors (Lipinski definition) is 2. The highest BCUT2D eigenvalue weighted by Crippen LogP contribution is 2.14. The zero-order valence-corrected chi connectivity index (χ0v) is 11.1. The molecule has 4 nitrogen and oxygen atoms in total. The highest BCUT2D eigenvalue weighted by Gasteiger charge is 2.22. The molecule has 6 heteroatoms. The molecule has 0 aliphatic carbocycles.